The van der Waals surface area contributed by atoms with Crippen LogP contribution < -0.4 is 5.32 Å². The number of fused-ring (bicyclic) bond motifs is 1. The molecule has 1 amide bonds. The molecule has 1 N–H and O–H groups in total. The van der Waals surface area contributed by atoms with Crippen molar-refractivity contribution in [2.45, 2.75) is 19.4 Å². The minimum absolute atomic E-state index is 0.137. The van der Waals surface area contributed by atoms with Crippen molar-refractivity contribution in [2.24, 2.45) is 7.05 Å². The van der Waals surface area contributed by atoms with Crippen LogP contribution in [0.5, 0.6) is 0 Å². The summed E-state index contributed by atoms with van der Waals surface area (Å²) in [4.78, 5) is 35.9. The summed E-state index contributed by atoms with van der Waals surface area (Å²) in [5, 5.41) is 7.60. The number of halogens is 1. The van der Waals surface area contributed by atoms with Gasteiger partial charge in [0.2, 0.25) is 5.95 Å². The lowest BCUT2D eigenvalue weighted by Crippen LogP contribution is -2.43. The summed E-state index contributed by atoms with van der Waals surface area (Å²) < 4.78 is 1.67. The van der Waals surface area contributed by atoms with E-state index in [0.717, 1.165) is 21.9 Å². The van der Waals surface area contributed by atoms with Crippen LogP contribution in [-0.2, 0) is 18.3 Å². The molecule has 144 valence electrons. The molecule has 1 aliphatic rings. The maximum Gasteiger partial charge on any atom is 0.255 e. The zero-order valence-electron chi connectivity index (χ0n) is 15.2. The molecule has 0 spiro atoms. The van der Waals surface area contributed by atoms with Gasteiger partial charge in [-0.05, 0) is 13.0 Å². The van der Waals surface area contributed by atoms with Crippen LogP contribution in [0.4, 0.5) is 11.8 Å². The van der Waals surface area contributed by atoms with Gasteiger partial charge in [-0.3, -0.25) is 9.48 Å². The number of nitrogens with zero attached hydrogens (tertiary/aromatic N) is 5. The van der Waals surface area contributed by atoms with Gasteiger partial charge in [-0.25, -0.2) is 9.97 Å². The molecule has 0 saturated heterocycles. The smallest absolute Gasteiger partial charge is 0.255 e. The van der Waals surface area contributed by atoms with Crippen molar-refractivity contribution in [1.82, 2.24) is 24.6 Å². The number of aryl methyl sites for hydroxylation is 1. The Kier molecular flexibility index (Phi) is 4.86. The van der Waals surface area contributed by atoms with E-state index >= 15 is 0 Å². The van der Waals surface area contributed by atoms with Crippen molar-refractivity contribution >= 4 is 46.9 Å². The highest BCUT2D eigenvalue weighted by atomic mass is 35.5. The predicted octanol–water partition coefficient (Wildman–Crippen LogP) is 2.92. The normalized spacial score (nSPS) is 14.7. The number of thiophene rings is 1. The second kappa shape index (κ2) is 7.33. The van der Waals surface area contributed by atoms with Gasteiger partial charge in [0.05, 0.1) is 33.9 Å². The SMILES string of the molecule is CC(C=O)N1CCc2sc(-c3nc(Nc4ccnn4C)ncc3Cl)cc2C1=O. The summed E-state index contributed by atoms with van der Waals surface area (Å²) in [6.07, 6.45) is 4.69. The molecule has 3 aromatic rings. The average Bonchev–Trinajstić information content (AvgIpc) is 3.30. The number of hydrogen-bond acceptors (Lipinski definition) is 7. The van der Waals surface area contributed by atoms with E-state index in [1.165, 1.54) is 17.5 Å². The molecular formula is C18H17ClN6O2S. The van der Waals surface area contributed by atoms with E-state index in [1.54, 1.807) is 28.8 Å². The first-order valence-corrected chi connectivity index (χ1v) is 9.84. The number of amides is 1. The molecule has 4 heterocycles. The van der Waals surface area contributed by atoms with Crippen molar-refractivity contribution in [1.29, 1.82) is 0 Å². The number of carbonyl (C=O) groups excluding carboxylic acids is 2. The van der Waals surface area contributed by atoms with Crippen LogP contribution in [0.3, 0.4) is 0 Å². The number of aromatic nitrogens is 4. The molecule has 28 heavy (non-hydrogen) atoms. The van der Waals surface area contributed by atoms with Gasteiger partial charge < -0.3 is 15.0 Å². The first-order chi connectivity index (χ1) is 13.5. The van der Waals surface area contributed by atoms with E-state index in [-0.39, 0.29) is 5.91 Å². The van der Waals surface area contributed by atoms with Crippen molar-refractivity contribution < 1.29 is 9.59 Å². The molecule has 0 fully saturated rings. The Labute approximate surface area is 170 Å². The summed E-state index contributed by atoms with van der Waals surface area (Å²) in [6, 6.07) is 3.16. The average molecular weight is 417 g/mol. The van der Waals surface area contributed by atoms with Gasteiger partial charge >= 0.3 is 0 Å². The van der Waals surface area contributed by atoms with E-state index in [4.69, 9.17) is 11.6 Å². The Bertz CT molecular complexity index is 1060. The van der Waals surface area contributed by atoms with Crippen molar-refractivity contribution in [3.63, 3.8) is 0 Å². The molecular weight excluding hydrogens is 400 g/mol. The first-order valence-electron chi connectivity index (χ1n) is 8.65. The lowest BCUT2D eigenvalue weighted by molar-refractivity contribution is -0.111. The molecule has 0 saturated carbocycles. The van der Waals surface area contributed by atoms with Crippen LogP contribution in [0.15, 0.2) is 24.5 Å². The summed E-state index contributed by atoms with van der Waals surface area (Å²) in [6.45, 7) is 2.25. The second-order valence-electron chi connectivity index (χ2n) is 6.43. The fraction of sp³-hybridized carbons (Fsp3) is 0.278. The molecule has 8 nitrogen and oxygen atoms in total. The number of aldehydes is 1. The van der Waals surface area contributed by atoms with Gasteiger partial charge in [0.25, 0.3) is 5.91 Å². The molecule has 0 radical (unpaired) electrons. The summed E-state index contributed by atoms with van der Waals surface area (Å²) in [7, 11) is 1.81. The topological polar surface area (TPSA) is 93.0 Å². The Morgan fingerprint density at radius 3 is 2.96 bits per heavy atom. The predicted molar refractivity (Wildman–Crippen MR) is 107 cm³/mol. The summed E-state index contributed by atoms with van der Waals surface area (Å²) in [5.41, 5.74) is 1.17. The molecule has 3 aromatic heterocycles. The molecule has 1 atom stereocenters. The van der Waals surface area contributed by atoms with Gasteiger partial charge in [0.15, 0.2) is 0 Å². The lowest BCUT2D eigenvalue weighted by Gasteiger charge is -2.29. The Morgan fingerprint density at radius 2 is 2.25 bits per heavy atom. The van der Waals surface area contributed by atoms with Crippen molar-refractivity contribution in [2.75, 3.05) is 11.9 Å². The van der Waals surface area contributed by atoms with E-state index < -0.39 is 6.04 Å². The van der Waals surface area contributed by atoms with Crippen LogP contribution in [0.25, 0.3) is 10.6 Å². The third kappa shape index (κ3) is 3.27. The first kappa shape index (κ1) is 18.6. The van der Waals surface area contributed by atoms with Gasteiger partial charge in [-0.1, -0.05) is 11.6 Å². The van der Waals surface area contributed by atoms with E-state index in [9.17, 15) is 9.59 Å². The highest BCUT2D eigenvalue weighted by Gasteiger charge is 2.30. The van der Waals surface area contributed by atoms with Crippen molar-refractivity contribution in [3.05, 3.63) is 40.0 Å². The third-order valence-electron chi connectivity index (χ3n) is 4.61. The molecule has 0 aromatic carbocycles. The van der Waals surface area contributed by atoms with Crippen LogP contribution >= 0.6 is 22.9 Å². The number of carbonyl (C=O) groups is 2. The zero-order valence-corrected chi connectivity index (χ0v) is 16.8. The number of nitrogens with one attached hydrogen (secondary N) is 1. The van der Waals surface area contributed by atoms with E-state index in [1.807, 2.05) is 13.1 Å². The number of rotatable bonds is 5. The molecule has 0 bridgehead atoms. The highest BCUT2D eigenvalue weighted by molar-refractivity contribution is 7.16. The molecule has 0 aliphatic carbocycles. The Balaban J connectivity index is 1.67. The monoisotopic (exact) mass is 416 g/mol. The zero-order chi connectivity index (χ0) is 19.8. The third-order valence-corrected chi connectivity index (χ3v) is 6.09. The maximum absolute atomic E-state index is 12.7. The molecule has 10 heteroatoms. The highest BCUT2D eigenvalue weighted by Crippen LogP contribution is 2.37. The van der Waals surface area contributed by atoms with Crippen molar-refractivity contribution in [3.8, 4) is 10.6 Å². The van der Waals surface area contributed by atoms with Gasteiger partial charge in [-0.15, -0.1) is 11.3 Å². The van der Waals surface area contributed by atoms with Gasteiger partial charge in [-0.2, -0.15) is 5.10 Å². The van der Waals surface area contributed by atoms with E-state index in [0.29, 0.717) is 35.2 Å². The van der Waals surface area contributed by atoms with Crippen LogP contribution in [0, 0.1) is 0 Å². The summed E-state index contributed by atoms with van der Waals surface area (Å²) >= 11 is 7.83. The standard InChI is InChI=1S/C18H17ClN6O2S/c1-10(9-26)25-6-4-13-11(17(25)27)7-14(28-13)16-12(19)8-20-18(23-16)22-15-3-5-21-24(15)2/h3,5,7-10H,4,6H2,1-2H3,(H,20,22,23). The lowest BCUT2D eigenvalue weighted by atomic mass is 10.1. The van der Waals surface area contributed by atoms with E-state index in [2.05, 4.69) is 20.4 Å². The second-order valence-corrected chi connectivity index (χ2v) is 7.97. The number of anilines is 2. The van der Waals surface area contributed by atoms with Crippen LogP contribution in [0.1, 0.15) is 22.2 Å². The molecule has 1 aliphatic heterocycles. The Hall–Kier alpha value is -2.78. The fourth-order valence-electron chi connectivity index (χ4n) is 3.06. The molecule has 1 unspecified atom stereocenters. The minimum Gasteiger partial charge on any atom is -0.329 e. The molecule has 4 rings (SSSR count). The fourth-order valence-corrected chi connectivity index (χ4v) is 4.46. The minimum atomic E-state index is -0.443. The van der Waals surface area contributed by atoms with Gasteiger partial charge in [0.1, 0.15) is 17.8 Å². The quantitative estimate of drug-likeness (QED) is 0.643. The Morgan fingerprint density at radius 1 is 1.43 bits per heavy atom. The van der Waals surface area contributed by atoms with Gasteiger partial charge in [0, 0.05) is 31.0 Å². The number of hydrogen-bond donors (Lipinski definition) is 1. The summed E-state index contributed by atoms with van der Waals surface area (Å²) in [5.74, 6) is 0.992. The largest absolute Gasteiger partial charge is 0.329 e. The van der Waals surface area contributed by atoms with Crippen LogP contribution in [-0.4, -0.2) is 49.4 Å². The maximum atomic E-state index is 12.7. The van der Waals surface area contributed by atoms with Crippen LogP contribution in [0.2, 0.25) is 5.02 Å².